The van der Waals surface area contributed by atoms with E-state index in [-0.39, 0.29) is 5.69 Å². The second-order valence-corrected chi connectivity index (χ2v) is 4.47. The molecular formula is C14H10F6N2. The Labute approximate surface area is 121 Å². The number of benzene rings is 1. The maximum Gasteiger partial charge on any atom is 0.424 e. The van der Waals surface area contributed by atoms with Gasteiger partial charge in [0, 0.05) is 18.1 Å². The van der Waals surface area contributed by atoms with Crippen molar-refractivity contribution in [2.75, 3.05) is 5.32 Å². The van der Waals surface area contributed by atoms with Gasteiger partial charge in [0.05, 0.1) is 0 Å². The molecule has 118 valence electrons. The number of pyridine rings is 1. The number of aromatic nitrogens is 1. The maximum absolute atomic E-state index is 13.4. The van der Waals surface area contributed by atoms with Gasteiger partial charge in [0.15, 0.2) is 0 Å². The van der Waals surface area contributed by atoms with E-state index in [9.17, 15) is 26.3 Å². The van der Waals surface area contributed by atoms with Crippen molar-refractivity contribution in [1.29, 1.82) is 0 Å². The van der Waals surface area contributed by atoms with Gasteiger partial charge in [0.2, 0.25) is 0 Å². The van der Waals surface area contributed by atoms with Crippen LogP contribution >= 0.6 is 0 Å². The second kappa shape index (κ2) is 5.51. The first kappa shape index (κ1) is 16.1. The summed E-state index contributed by atoms with van der Waals surface area (Å²) in [7, 11) is 0. The summed E-state index contributed by atoms with van der Waals surface area (Å²) in [6, 6.07) is 7.81. The van der Waals surface area contributed by atoms with Gasteiger partial charge < -0.3 is 5.32 Å². The Morgan fingerprint density at radius 1 is 0.727 bits per heavy atom. The highest BCUT2D eigenvalue weighted by molar-refractivity contribution is 5.49. The van der Waals surface area contributed by atoms with E-state index in [1.54, 1.807) is 5.32 Å². The van der Waals surface area contributed by atoms with Crippen LogP contribution in [0.1, 0.15) is 5.56 Å². The molecule has 1 aromatic heterocycles. The molecule has 0 atom stereocenters. The number of alkyl halides is 6. The molecule has 0 bridgehead atoms. The molecule has 8 heteroatoms. The minimum Gasteiger partial charge on any atom is -0.360 e. The van der Waals surface area contributed by atoms with Gasteiger partial charge in [-0.25, -0.2) is 0 Å². The highest BCUT2D eigenvalue weighted by Gasteiger charge is 2.72. The molecule has 2 rings (SSSR count). The molecular weight excluding hydrogens is 310 g/mol. The molecule has 0 spiro atoms. The molecule has 0 aliphatic carbocycles. The number of rotatable bonds is 3. The number of hydrogen-bond acceptors (Lipinski definition) is 2. The summed E-state index contributed by atoms with van der Waals surface area (Å²) < 4.78 is 80.6. The Balaban J connectivity index is 2.67. The number of anilines is 1. The van der Waals surface area contributed by atoms with Crippen LogP contribution in [0.15, 0.2) is 54.9 Å². The number of halogens is 6. The molecule has 1 N–H and O–H groups in total. The van der Waals surface area contributed by atoms with Crippen LogP contribution < -0.4 is 5.32 Å². The lowest BCUT2D eigenvalue weighted by atomic mass is 9.88. The molecule has 0 fully saturated rings. The normalized spacial score (nSPS) is 13.0. The van der Waals surface area contributed by atoms with Crippen molar-refractivity contribution < 1.29 is 26.3 Å². The van der Waals surface area contributed by atoms with Crippen LogP contribution in [0.3, 0.4) is 0 Å². The number of nitrogens with one attached hydrogen (secondary N) is 1. The molecule has 0 unspecified atom stereocenters. The molecule has 2 aromatic rings. The Bertz CT molecular complexity index is 593. The van der Waals surface area contributed by atoms with Crippen molar-refractivity contribution in [2.45, 2.75) is 17.9 Å². The summed E-state index contributed by atoms with van der Waals surface area (Å²) in [5.41, 5.74) is -5.50. The predicted octanol–water partition coefficient (Wildman–Crippen LogP) is 4.51. The van der Waals surface area contributed by atoms with E-state index in [0.29, 0.717) is 12.1 Å². The third kappa shape index (κ3) is 2.72. The molecule has 0 saturated heterocycles. The zero-order valence-corrected chi connectivity index (χ0v) is 10.9. The average molecular weight is 320 g/mol. The molecule has 1 aromatic carbocycles. The number of nitrogens with zero attached hydrogens (tertiary/aromatic N) is 1. The van der Waals surface area contributed by atoms with E-state index in [2.05, 4.69) is 4.98 Å². The fourth-order valence-electron chi connectivity index (χ4n) is 2.04. The molecule has 0 saturated carbocycles. The van der Waals surface area contributed by atoms with Crippen molar-refractivity contribution in [3.8, 4) is 0 Å². The van der Waals surface area contributed by atoms with Crippen molar-refractivity contribution in [1.82, 2.24) is 4.98 Å². The predicted molar refractivity (Wildman–Crippen MR) is 68.1 cm³/mol. The minimum atomic E-state index is -5.61. The van der Waals surface area contributed by atoms with E-state index >= 15 is 0 Å². The third-order valence-corrected chi connectivity index (χ3v) is 3.07. The van der Waals surface area contributed by atoms with E-state index in [0.717, 1.165) is 24.5 Å². The topological polar surface area (TPSA) is 24.9 Å². The molecule has 1 heterocycles. The van der Waals surface area contributed by atoms with Gasteiger partial charge in [-0.3, -0.25) is 4.98 Å². The zero-order valence-electron chi connectivity index (χ0n) is 10.9. The van der Waals surface area contributed by atoms with Crippen LogP contribution in [0.25, 0.3) is 0 Å². The van der Waals surface area contributed by atoms with Crippen LogP contribution in [0.2, 0.25) is 0 Å². The summed E-state index contributed by atoms with van der Waals surface area (Å²) in [6.07, 6.45) is -9.45. The quantitative estimate of drug-likeness (QED) is 0.842. The summed E-state index contributed by atoms with van der Waals surface area (Å²) in [5.74, 6) is 0. The summed E-state index contributed by atoms with van der Waals surface area (Å²) in [5, 5.41) is 1.61. The van der Waals surface area contributed by atoms with E-state index in [1.807, 2.05) is 0 Å². The molecule has 0 amide bonds. The van der Waals surface area contributed by atoms with Crippen LogP contribution in [0.4, 0.5) is 32.0 Å². The Hall–Kier alpha value is -2.25. The van der Waals surface area contributed by atoms with Crippen molar-refractivity contribution in [3.05, 3.63) is 60.4 Å². The van der Waals surface area contributed by atoms with E-state index < -0.39 is 23.5 Å². The fourth-order valence-corrected chi connectivity index (χ4v) is 2.04. The van der Waals surface area contributed by atoms with Crippen molar-refractivity contribution >= 4 is 5.69 Å². The lowest BCUT2D eigenvalue weighted by molar-refractivity contribution is -0.293. The Morgan fingerprint density at radius 3 is 1.68 bits per heavy atom. The third-order valence-electron chi connectivity index (χ3n) is 3.07. The van der Waals surface area contributed by atoms with Gasteiger partial charge in [0.25, 0.3) is 5.54 Å². The van der Waals surface area contributed by atoms with E-state index in [1.165, 1.54) is 18.2 Å². The lowest BCUT2D eigenvalue weighted by Crippen LogP contribution is -2.59. The standard InChI is InChI=1S/C14H10F6N2/c15-13(16,17)12(14(18,19)20,10-6-8-21-9-7-10)22-11-4-2-1-3-5-11/h1-9,22H. The second-order valence-electron chi connectivity index (χ2n) is 4.47. The monoisotopic (exact) mass is 320 g/mol. The van der Waals surface area contributed by atoms with E-state index in [4.69, 9.17) is 0 Å². The van der Waals surface area contributed by atoms with Gasteiger partial charge in [-0.05, 0) is 29.8 Å². The average Bonchev–Trinajstić information content (AvgIpc) is 2.44. The van der Waals surface area contributed by atoms with Crippen molar-refractivity contribution in [3.63, 3.8) is 0 Å². The van der Waals surface area contributed by atoms with Gasteiger partial charge in [-0.1, -0.05) is 18.2 Å². The fraction of sp³-hybridized carbons (Fsp3) is 0.214. The van der Waals surface area contributed by atoms with Crippen molar-refractivity contribution in [2.24, 2.45) is 0 Å². The molecule has 0 radical (unpaired) electrons. The molecule has 0 aliphatic rings. The number of para-hydroxylation sites is 1. The lowest BCUT2D eigenvalue weighted by Gasteiger charge is -2.39. The first-order valence-corrected chi connectivity index (χ1v) is 6.05. The SMILES string of the molecule is FC(F)(F)C(Nc1ccccc1)(c1ccncc1)C(F)(F)F. The maximum atomic E-state index is 13.4. The van der Waals surface area contributed by atoms with Crippen LogP contribution in [-0.2, 0) is 5.54 Å². The van der Waals surface area contributed by atoms with Gasteiger partial charge in [-0.15, -0.1) is 0 Å². The van der Waals surface area contributed by atoms with Crippen LogP contribution in [-0.4, -0.2) is 17.3 Å². The number of hydrogen-bond donors (Lipinski definition) is 1. The van der Waals surface area contributed by atoms with Gasteiger partial charge >= 0.3 is 12.4 Å². The summed E-state index contributed by atoms with van der Waals surface area (Å²) in [6.45, 7) is 0. The zero-order chi connectivity index (χ0) is 16.4. The Morgan fingerprint density at radius 2 is 1.23 bits per heavy atom. The highest BCUT2D eigenvalue weighted by atomic mass is 19.4. The molecule has 22 heavy (non-hydrogen) atoms. The molecule has 0 aliphatic heterocycles. The highest BCUT2D eigenvalue weighted by Crippen LogP contribution is 2.51. The van der Waals surface area contributed by atoms with Gasteiger partial charge in [-0.2, -0.15) is 26.3 Å². The minimum absolute atomic E-state index is 0.297. The summed E-state index contributed by atoms with van der Waals surface area (Å²) >= 11 is 0. The van der Waals surface area contributed by atoms with Crippen LogP contribution in [0.5, 0.6) is 0 Å². The van der Waals surface area contributed by atoms with Crippen LogP contribution in [0, 0.1) is 0 Å². The first-order chi connectivity index (χ1) is 10.2. The first-order valence-electron chi connectivity index (χ1n) is 6.05. The smallest absolute Gasteiger partial charge is 0.360 e. The Kier molecular flexibility index (Phi) is 4.04. The molecule has 2 nitrogen and oxygen atoms in total. The van der Waals surface area contributed by atoms with Gasteiger partial charge in [0.1, 0.15) is 0 Å². The summed E-state index contributed by atoms with van der Waals surface area (Å²) in [4.78, 5) is 3.47. The largest absolute Gasteiger partial charge is 0.424 e.